The summed E-state index contributed by atoms with van der Waals surface area (Å²) in [6.07, 6.45) is 15.8. The topological polar surface area (TPSA) is 178 Å². The van der Waals surface area contributed by atoms with E-state index in [2.05, 4.69) is 26.7 Å². The first kappa shape index (κ1) is 65.6. The Labute approximate surface area is 466 Å². The molecule has 0 bridgehead atoms. The Kier molecular flexibility index (Phi) is 32.2. The summed E-state index contributed by atoms with van der Waals surface area (Å²) in [5, 5.41) is 0. The van der Waals surface area contributed by atoms with Crippen molar-refractivity contribution in [2.24, 2.45) is 0 Å². The Bertz CT molecular complexity index is 2590. The molecule has 0 N–H and O–H groups in total. The second kappa shape index (κ2) is 38.8. The van der Waals surface area contributed by atoms with Gasteiger partial charge in [-0.05, 0) is 73.5 Å². The van der Waals surface area contributed by atoms with Crippen molar-refractivity contribution in [2.75, 3.05) is 61.2 Å². The van der Waals surface area contributed by atoms with Crippen LogP contribution in [0.1, 0.15) is 125 Å². The molecule has 5 aromatic rings. The molecule has 5 rings (SSSR count). The van der Waals surface area contributed by atoms with Crippen LogP contribution in [-0.2, 0) is 48.5 Å². The molecule has 0 amide bonds. The van der Waals surface area contributed by atoms with E-state index in [4.69, 9.17) is 47.4 Å². The number of carbonyl (C=O) groups is 5. The van der Waals surface area contributed by atoms with Crippen molar-refractivity contribution in [3.05, 3.63) is 193 Å². The number of esters is 4. The molecule has 5 aromatic carbocycles. The summed E-state index contributed by atoms with van der Waals surface area (Å²) in [6.45, 7) is 16.5. The average molecular weight is 1090 g/mol. The van der Waals surface area contributed by atoms with Crippen LogP contribution in [0.15, 0.2) is 159 Å². The Morgan fingerprint density at radius 3 is 1.56 bits per heavy atom. The molecule has 15 heteroatoms. The highest BCUT2D eigenvalue weighted by molar-refractivity contribution is 6.02. The summed E-state index contributed by atoms with van der Waals surface area (Å²) in [5.41, 5.74) is 3.23. The number of benzene rings is 5. The number of carbonyl (C=O) groups excluding carboxylic acids is 5. The number of ketones is 1. The maximum absolute atomic E-state index is 12.7. The van der Waals surface area contributed by atoms with Crippen molar-refractivity contribution in [2.45, 2.75) is 90.3 Å². The zero-order chi connectivity index (χ0) is 57.5. The maximum atomic E-state index is 12.7. The van der Waals surface area contributed by atoms with Gasteiger partial charge in [-0.1, -0.05) is 157 Å². The van der Waals surface area contributed by atoms with Gasteiger partial charge in [0.2, 0.25) is 5.78 Å². The van der Waals surface area contributed by atoms with Crippen LogP contribution in [-0.4, -0.2) is 90.8 Å². The molecular formula is C64H78O15. The minimum Gasteiger partial charge on any atom is -0.493 e. The fourth-order valence-electron chi connectivity index (χ4n) is 7.43. The molecule has 0 heterocycles. The normalized spacial score (nSPS) is 10.5. The summed E-state index contributed by atoms with van der Waals surface area (Å²) in [6, 6.07) is 36.1. The van der Waals surface area contributed by atoms with E-state index >= 15 is 0 Å². The van der Waals surface area contributed by atoms with Crippen molar-refractivity contribution < 1.29 is 71.3 Å². The lowest BCUT2D eigenvalue weighted by Gasteiger charge is -2.29. The van der Waals surface area contributed by atoms with Crippen LogP contribution >= 0.6 is 0 Å². The number of rotatable bonds is 34. The number of unbranched alkanes of at least 4 members (excludes halogenated alkanes) is 9. The first-order chi connectivity index (χ1) is 38.3. The molecule has 0 aromatic heterocycles. The molecule has 15 nitrogen and oxygen atoms in total. The molecule has 0 fully saturated rings. The molecule has 0 atom stereocenters. The first-order valence-electron chi connectivity index (χ1n) is 26.5. The Morgan fingerprint density at radius 1 is 0.506 bits per heavy atom. The van der Waals surface area contributed by atoms with E-state index in [1.54, 1.807) is 92.9 Å². The van der Waals surface area contributed by atoms with Gasteiger partial charge in [-0.3, -0.25) is 4.79 Å². The fourth-order valence-corrected chi connectivity index (χ4v) is 7.43. The van der Waals surface area contributed by atoms with Crippen LogP contribution in [0.25, 0.3) is 5.76 Å². The lowest BCUT2D eigenvalue weighted by atomic mass is 9.96. The highest BCUT2D eigenvalue weighted by Crippen LogP contribution is 2.31. The van der Waals surface area contributed by atoms with Crippen molar-refractivity contribution in [3.63, 3.8) is 0 Å². The predicted octanol–water partition coefficient (Wildman–Crippen LogP) is 13.2. The van der Waals surface area contributed by atoms with Gasteiger partial charge in [-0.25, -0.2) is 19.2 Å². The Balaban J connectivity index is 0.000000373. The van der Waals surface area contributed by atoms with E-state index in [1.807, 2.05) is 48.5 Å². The van der Waals surface area contributed by atoms with Crippen molar-refractivity contribution >= 4 is 35.4 Å². The standard InChI is InChI=1S/C33H34O10.C16H16O3.C15H28O2/c1-5-31(34)41-18-6-17-40-28-13-11-27(12-14-28)33(36)43-30-16-15-29(21-23(30)2)42-32(35)26-9-7-25(8-10-26)24(3)39-20-19-38-22-37-4;1-18-16(19-2,14-11-7-4-8-12-14)15(17)13-9-5-3-6-10-13;1-3-5-6-7-8-9-10-11-12-13-14-17-15(16)4-2/h5,7-16,21H,1,3,6,17-20,22H2,2,4H3;3-12H,1-2H3;4H,2-3,5-14H2,1H3. The lowest BCUT2D eigenvalue weighted by Crippen LogP contribution is -2.39. The zero-order valence-corrected chi connectivity index (χ0v) is 46.5. The number of Topliss-reactive ketones (excluding diaryl/α,β-unsaturated/α-hetero) is 1. The van der Waals surface area contributed by atoms with Gasteiger partial charge in [0.25, 0.3) is 5.79 Å². The predicted molar refractivity (Wildman–Crippen MR) is 304 cm³/mol. The molecule has 0 spiro atoms. The smallest absolute Gasteiger partial charge is 0.343 e. The van der Waals surface area contributed by atoms with Gasteiger partial charge in [0.1, 0.15) is 36.4 Å². The van der Waals surface area contributed by atoms with E-state index < -0.39 is 23.7 Å². The maximum Gasteiger partial charge on any atom is 0.343 e. The number of hydrogen-bond donors (Lipinski definition) is 0. The van der Waals surface area contributed by atoms with Gasteiger partial charge in [-0.2, -0.15) is 0 Å². The SMILES string of the molecule is C=CC(=O)OCCCCCCCCCCCC.C=CC(=O)OCCCOc1ccc(C(=O)Oc2ccc(OC(=O)c3ccc(C(=C)OCCOCOC)cc3)cc2C)cc1.COC(OC)(C(=O)c1ccccc1)c1ccccc1. The van der Waals surface area contributed by atoms with Crippen LogP contribution in [0.5, 0.6) is 17.2 Å². The third-order valence-electron chi connectivity index (χ3n) is 11.7. The molecule has 0 aliphatic heterocycles. The minimum atomic E-state index is -1.40. The minimum absolute atomic E-state index is 0.187. The van der Waals surface area contributed by atoms with Gasteiger partial charge in [-0.15, -0.1) is 0 Å². The summed E-state index contributed by atoms with van der Waals surface area (Å²) >= 11 is 0. The van der Waals surface area contributed by atoms with Gasteiger partial charge in [0.15, 0.2) is 0 Å². The summed E-state index contributed by atoms with van der Waals surface area (Å²) < 4.78 is 52.8. The van der Waals surface area contributed by atoms with E-state index in [-0.39, 0.29) is 25.2 Å². The van der Waals surface area contributed by atoms with Crippen LogP contribution in [0.2, 0.25) is 0 Å². The number of ether oxygens (including phenoxy) is 10. The van der Waals surface area contributed by atoms with Crippen LogP contribution in [0.4, 0.5) is 0 Å². The third kappa shape index (κ3) is 24.7. The number of aryl methyl sites for hydroxylation is 1. The third-order valence-corrected chi connectivity index (χ3v) is 11.7. The van der Waals surface area contributed by atoms with Crippen LogP contribution in [0.3, 0.4) is 0 Å². The molecule has 0 aliphatic carbocycles. The van der Waals surface area contributed by atoms with E-state index in [0.29, 0.717) is 83.7 Å². The average Bonchev–Trinajstić information content (AvgIpc) is 3.51. The van der Waals surface area contributed by atoms with E-state index in [0.717, 1.165) is 18.1 Å². The van der Waals surface area contributed by atoms with Gasteiger partial charge in [0.05, 0.1) is 37.6 Å². The fraction of sp³-hybridized carbons (Fsp3) is 0.359. The molecule has 0 unspecified atom stereocenters. The van der Waals surface area contributed by atoms with Gasteiger partial charge in [0, 0.05) is 56.6 Å². The quantitative estimate of drug-likeness (QED) is 0.00722. The number of hydrogen-bond acceptors (Lipinski definition) is 15. The molecule has 0 saturated carbocycles. The highest BCUT2D eigenvalue weighted by atomic mass is 16.7. The number of methoxy groups -OCH3 is 3. The second-order valence-electron chi connectivity index (χ2n) is 17.6. The Morgan fingerprint density at radius 2 is 1.01 bits per heavy atom. The van der Waals surface area contributed by atoms with E-state index in [9.17, 15) is 24.0 Å². The second-order valence-corrected chi connectivity index (χ2v) is 17.6. The molecular weight excluding hydrogens is 1010 g/mol. The van der Waals surface area contributed by atoms with Gasteiger partial charge < -0.3 is 47.4 Å². The molecule has 424 valence electrons. The van der Waals surface area contributed by atoms with Crippen LogP contribution in [0, 0.1) is 6.92 Å². The molecule has 0 aliphatic rings. The first-order valence-corrected chi connectivity index (χ1v) is 26.5. The van der Waals surface area contributed by atoms with Crippen molar-refractivity contribution in [3.8, 4) is 17.2 Å². The summed E-state index contributed by atoms with van der Waals surface area (Å²) in [4.78, 5) is 59.8. The molecule has 0 saturated heterocycles. The summed E-state index contributed by atoms with van der Waals surface area (Å²) in [5.74, 6) is -1.86. The molecule has 0 radical (unpaired) electrons. The zero-order valence-electron chi connectivity index (χ0n) is 46.5. The Hall–Kier alpha value is -7.69. The molecule has 79 heavy (non-hydrogen) atoms. The van der Waals surface area contributed by atoms with E-state index in [1.165, 1.54) is 78.1 Å². The highest BCUT2D eigenvalue weighted by Gasteiger charge is 2.41. The van der Waals surface area contributed by atoms with Crippen molar-refractivity contribution in [1.82, 2.24) is 0 Å². The van der Waals surface area contributed by atoms with Crippen LogP contribution < -0.4 is 14.2 Å². The summed E-state index contributed by atoms with van der Waals surface area (Å²) in [7, 11) is 4.48. The van der Waals surface area contributed by atoms with Gasteiger partial charge >= 0.3 is 23.9 Å². The lowest BCUT2D eigenvalue weighted by molar-refractivity contribution is -0.176. The van der Waals surface area contributed by atoms with Crippen molar-refractivity contribution in [1.29, 1.82) is 0 Å². The largest absolute Gasteiger partial charge is 0.493 e. The monoisotopic (exact) mass is 1090 g/mol.